The lowest BCUT2D eigenvalue weighted by molar-refractivity contribution is 0.477. The number of hydrogen-bond acceptors (Lipinski definition) is 1. The van der Waals surface area contributed by atoms with Crippen LogP contribution in [0.25, 0.3) is 11.1 Å². The molecule has 2 rings (SSSR count). The van der Waals surface area contributed by atoms with E-state index in [2.05, 4.69) is 0 Å². The maximum absolute atomic E-state index is 9.73. The number of phenols is 1. The van der Waals surface area contributed by atoms with Crippen LogP contribution in [-0.4, -0.2) is 5.11 Å². The fourth-order valence-corrected chi connectivity index (χ4v) is 1.80. The average Bonchev–Trinajstić information content (AvgIpc) is 2.20. The number of aryl methyl sites for hydroxylation is 1. The molecule has 0 saturated heterocycles. The molecule has 0 spiro atoms. The van der Waals surface area contributed by atoms with Gasteiger partial charge in [0.2, 0.25) is 0 Å². The van der Waals surface area contributed by atoms with Gasteiger partial charge in [-0.05, 0) is 24.6 Å². The highest BCUT2D eigenvalue weighted by atomic mass is 35.5. The van der Waals surface area contributed by atoms with Crippen molar-refractivity contribution in [1.82, 2.24) is 0 Å². The van der Waals surface area contributed by atoms with Crippen LogP contribution in [0, 0.1) is 6.92 Å². The number of benzene rings is 2. The largest absolute Gasteiger partial charge is 0.507 e. The van der Waals surface area contributed by atoms with E-state index in [4.69, 9.17) is 11.6 Å². The molecule has 0 aliphatic heterocycles. The second kappa shape index (κ2) is 3.95. The minimum Gasteiger partial charge on any atom is -0.507 e. The predicted octanol–water partition coefficient (Wildman–Crippen LogP) is 4.02. The smallest absolute Gasteiger partial charge is 0.124 e. The Morgan fingerprint density at radius 3 is 2.27 bits per heavy atom. The number of halogens is 1. The Morgan fingerprint density at radius 1 is 1.00 bits per heavy atom. The van der Waals surface area contributed by atoms with Crippen LogP contribution in [0.5, 0.6) is 5.75 Å². The van der Waals surface area contributed by atoms with Crippen molar-refractivity contribution < 1.29 is 5.11 Å². The molecule has 0 radical (unpaired) electrons. The first-order chi connectivity index (χ1) is 7.18. The van der Waals surface area contributed by atoms with Crippen molar-refractivity contribution in [1.29, 1.82) is 0 Å². The summed E-state index contributed by atoms with van der Waals surface area (Å²) < 4.78 is 0. The van der Waals surface area contributed by atoms with E-state index >= 15 is 0 Å². The van der Waals surface area contributed by atoms with Gasteiger partial charge in [-0.1, -0.05) is 47.5 Å². The molecule has 0 aliphatic carbocycles. The molecule has 0 unspecified atom stereocenters. The SMILES string of the molecule is Cc1ccc(-c2c(O)cccc2Cl)cc1. The summed E-state index contributed by atoms with van der Waals surface area (Å²) in [6.45, 7) is 2.02. The molecule has 0 amide bonds. The van der Waals surface area contributed by atoms with Crippen molar-refractivity contribution in [3.8, 4) is 16.9 Å². The number of rotatable bonds is 1. The van der Waals surface area contributed by atoms with Crippen molar-refractivity contribution >= 4 is 11.6 Å². The predicted molar refractivity (Wildman–Crippen MR) is 63.3 cm³/mol. The van der Waals surface area contributed by atoms with E-state index in [0.717, 1.165) is 5.56 Å². The molecule has 0 aliphatic rings. The van der Waals surface area contributed by atoms with E-state index in [1.54, 1.807) is 18.2 Å². The molecule has 76 valence electrons. The lowest BCUT2D eigenvalue weighted by atomic mass is 10.0. The monoisotopic (exact) mass is 218 g/mol. The second-order valence-electron chi connectivity index (χ2n) is 3.50. The summed E-state index contributed by atoms with van der Waals surface area (Å²) in [5.41, 5.74) is 2.81. The first-order valence-corrected chi connectivity index (χ1v) is 5.11. The van der Waals surface area contributed by atoms with Crippen LogP contribution in [0.1, 0.15) is 5.56 Å². The molecule has 0 fully saturated rings. The Balaban J connectivity index is 2.58. The molecule has 2 aromatic rings. The first kappa shape index (κ1) is 10.1. The highest BCUT2D eigenvalue weighted by Crippen LogP contribution is 2.35. The van der Waals surface area contributed by atoms with Crippen molar-refractivity contribution in [2.24, 2.45) is 0 Å². The third-order valence-electron chi connectivity index (χ3n) is 2.33. The van der Waals surface area contributed by atoms with E-state index < -0.39 is 0 Å². The van der Waals surface area contributed by atoms with Crippen LogP contribution in [0.4, 0.5) is 0 Å². The van der Waals surface area contributed by atoms with Gasteiger partial charge in [0, 0.05) is 5.56 Å². The third kappa shape index (κ3) is 1.97. The van der Waals surface area contributed by atoms with E-state index in [0.29, 0.717) is 10.6 Å². The molecular weight excluding hydrogens is 208 g/mol. The Morgan fingerprint density at radius 2 is 1.67 bits per heavy atom. The van der Waals surface area contributed by atoms with Gasteiger partial charge in [-0.15, -0.1) is 0 Å². The topological polar surface area (TPSA) is 20.2 Å². The van der Waals surface area contributed by atoms with Crippen LogP contribution < -0.4 is 0 Å². The molecule has 2 aromatic carbocycles. The van der Waals surface area contributed by atoms with E-state index in [9.17, 15) is 5.11 Å². The van der Waals surface area contributed by atoms with Crippen LogP contribution >= 0.6 is 11.6 Å². The highest BCUT2D eigenvalue weighted by Gasteiger charge is 2.07. The van der Waals surface area contributed by atoms with Gasteiger partial charge in [0.05, 0.1) is 5.02 Å². The summed E-state index contributed by atoms with van der Waals surface area (Å²) in [6, 6.07) is 13.1. The summed E-state index contributed by atoms with van der Waals surface area (Å²) in [6.07, 6.45) is 0. The van der Waals surface area contributed by atoms with E-state index in [-0.39, 0.29) is 5.75 Å². The fourth-order valence-electron chi connectivity index (χ4n) is 1.52. The Kier molecular flexibility index (Phi) is 2.65. The summed E-state index contributed by atoms with van der Waals surface area (Å²) >= 11 is 6.04. The highest BCUT2D eigenvalue weighted by molar-refractivity contribution is 6.33. The normalized spacial score (nSPS) is 10.3. The van der Waals surface area contributed by atoms with Crippen LogP contribution in [-0.2, 0) is 0 Å². The Hall–Kier alpha value is -1.47. The van der Waals surface area contributed by atoms with Crippen LogP contribution in [0.15, 0.2) is 42.5 Å². The molecule has 0 saturated carbocycles. The minimum absolute atomic E-state index is 0.214. The van der Waals surface area contributed by atoms with Gasteiger partial charge in [-0.25, -0.2) is 0 Å². The van der Waals surface area contributed by atoms with Gasteiger partial charge in [-0.2, -0.15) is 0 Å². The van der Waals surface area contributed by atoms with Crippen LogP contribution in [0.2, 0.25) is 5.02 Å². The number of aromatic hydroxyl groups is 1. The molecule has 1 nitrogen and oxygen atoms in total. The van der Waals surface area contributed by atoms with Gasteiger partial charge in [0.15, 0.2) is 0 Å². The summed E-state index contributed by atoms with van der Waals surface area (Å²) in [5, 5.41) is 10.3. The Labute approximate surface area is 94.0 Å². The maximum Gasteiger partial charge on any atom is 0.124 e. The molecule has 0 heterocycles. The fraction of sp³-hybridized carbons (Fsp3) is 0.0769. The van der Waals surface area contributed by atoms with Crippen molar-refractivity contribution in [2.45, 2.75) is 6.92 Å². The van der Waals surface area contributed by atoms with E-state index in [1.807, 2.05) is 31.2 Å². The van der Waals surface area contributed by atoms with Crippen molar-refractivity contribution in [3.63, 3.8) is 0 Å². The minimum atomic E-state index is 0.214. The van der Waals surface area contributed by atoms with Gasteiger partial charge in [-0.3, -0.25) is 0 Å². The lowest BCUT2D eigenvalue weighted by Gasteiger charge is -2.07. The second-order valence-corrected chi connectivity index (χ2v) is 3.91. The molecule has 2 heteroatoms. The van der Waals surface area contributed by atoms with Gasteiger partial charge in [0.25, 0.3) is 0 Å². The molecule has 15 heavy (non-hydrogen) atoms. The average molecular weight is 219 g/mol. The number of hydrogen-bond donors (Lipinski definition) is 1. The zero-order valence-electron chi connectivity index (χ0n) is 8.37. The molecular formula is C13H11ClO. The summed E-state index contributed by atoms with van der Waals surface area (Å²) in [4.78, 5) is 0. The summed E-state index contributed by atoms with van der Waals surface area (Å²) in [5.74, 6) is 0.214. The third-order valence-corrected chi connectivity index (χ3v) is 2.65. The summed E-state index contributed by atoms with van der Waals surface area (Å²) in [7, 11) is 0. The van der Waals surface area contributed by atoms with E-state index in [1.165, 1.54) is 5.56 Å². The van der Waals surface area contributed by atoms with Gasteiger partial charge < -0.3 is 5.11 Å². The molecule has 1 N–H and O–H groups in total. The van der Waals surface area contributed by atoms with Crippen molar-refractivity contribution in [3.05, 3.63) is 53.1 Å². The van der Waals surface area contributed by atoms with Gasteiger partial charge >= 0.3 is 0 Å². The van der Waals surface area contributed by atoms with Crippen molar-refractivity contribution in [2.75, 3.05) is 0 Å². The van der Waals surface area contributed by atoms with Gasteiger partial charge in [0.1, 0.15) is 5.75 Å². The number of phenolic OH excluding ortho intramolecular Hbond substituents is 1. The maximum atomic E-state index is 9.73. The first-order valence-electron chi connectivity index (χ1n) is 4.73. The lowest BCUT2D eigenvalue weighted by Crippen LogP contribution is -1.81. The molecule has 0 atom stereocenters. The molecule has 0 bridgehead atoms. The quantitative estimate of drug-likeness (QED) is 0.767. The standard InChI is InChI=1S/C13H11ClO/c1-9-5-7-10(8-6-9)13-11(14)3-2-4-12(13)15/h2-8,15H,1H3. The zero-order chi connectivity index (χ0) is 10.8. The van der Waals surface area contributed by atoms with Crippen LogP contribution in [0.3, 0.4) is 0 Å². The zero-order valence-corrected chi connectivity index (χ0v) is 9.12. The molecule has 0 aromatic heterocycles. The Bertz CT molecular complexity index is 454.